The maximum absolute atomic E-state index is 12.7. The van der Waals surface area contributed by atoms with E-state index in [1.54, 1.807) is 7.11 Å². The number of carbonyl (C=O) groups is 1. The van der Waals surface area contributed by atoms with Gasteiger partial charge in [-0.3, -0.25) is 4.79 Å². The minimum Gasteiger partial charge on any atom is -0.497 e. The molecule has 2 heterocycles. The van der Waals surface area contributed by atoms with E-state index in [1.165, 1.54) is 0 Å². The zero-order valence-corrected chi connectivity index (χ0v) is 14.3. The summed E-state index contributed by atoms with van der Waals surface area (Å²) in [5.74, 6) is 1.18. The van der Waals surface area contributed by atoms with E-state index in [0.29, 0.717) is 13.1 Å². The van der Waals surface area contributed by atoms with Gasteiger partial charge in [0.2, 0.25) is 5.91 Å². The summed E-state index contributed by atoms with van der Waals surface area (Å²) in [5.41, 5.74) is 1.10. The molecular weight excluding hydrogens is 316 g/mol. The number of halogens is 1. The monoisotopic (exact) mass is 340 g/mol. The molecule has 6 heteroatoms. The van der Waals surface area contributed by atoms with E-state index in [0.717, 1.165) is 43.9 Å². The van der Waals surface area contributed by atoms with Crippen LogP contribution in [0.1, 0.15) is 18.4 Å². The lowest BCUT2D eigenvalue weighted by Gasteiger charge is -2.33. The second-order valence-corrected chi connectivity index (χ2v) is 6.06. The van der Waals surface area contributed by atoms with Gasteiger partial charge < -0.3 is 19.7 Å². The number of rotatable bonds is 6. The molecular formula is C17H25ClN2O3. The number of hydrogen-bond acceptors (Lipinski definition) is 4. The van der Waals surface area contributed by atoms with Gasteiger partial charge in [-0.1, -0.05) is 12.1 Å². The van der Waals surface area contributed by atoms with E-state index in [-0.39, 0.29) is 30.3 Å². The highest BCUT2D eigenvalue weighted by Crippen LogP contribution is 2.20. The quantitative estimate of drug-likeness (QED) is 0.858. The molecule has 3 rings (SSSR count). The number of carbonyl (C=O) groups excluding carboxylic acids is 1. The Bertz CT molecular complexity index is 516. The van der Waals surface area contributed by atoms with Crippen LogP contribution in [-0.4, -0.2) is 50.3 Å². The molecule has 0 aromatic heterocycles. The Labute approximate surface area is 143 Å². The molecule has 1 unspecified atom stereocenters. The Balaban J connectivity index is 0.00000192. The maximum Gasteiger partial charge on any atom is 0.228 e. The van der Waals surface area contributed by atoms with E-state index in [1.807, 2.05) is 29.2 Å². The molecule has 0 spiro atoms. The Hall–Kier alpha value is -1.30. The summed E-state index contributed by atoms with van der Waals surface area (Å²) in [5, 5.41) is 3.17. The summed E-state index contributed by atoms with van der Waals surface area (Å²) in [6, 6.07) is 7.92. The normalized spacial score (nSPS) is 20.5. The zero-order chi connectivity index (χ0) is 15.4. The minimum atomic E-state index is 0. The van der Waals surface area contributed by atoms with E-state index in [9.17, 15) is 4.79 Å². The van der Waals surface area contributed by atoms with Gasteiger partial charge in [-0.15, -0.1) is 12.4 Å². The molecule has 2 fully saturated rings. The highest BCUT2D eigenvalue weighted by Gasteiger charge is 2.31. The van der Waals surface area contributed by atoms with Gasteiger partial charge in [0.05, 0.1) is 19.1 Å². The van der Waals surface area contributed by atoms with Crippen molar-refractivity contribution in [1.82, 2.24) is 10.2 Å². The van der Waals surface area contributed by atoms with Crippen molar-refractivity contribution in [3.8, 4) is 5.75 Å². The number of nitrogens with zero attached hydrogens (tertiary/aromatic N) is 1. The van der Waals surface area contributed by atoms with Crippen molar-refractivity contribution in [2.75, 3.05) is 33.4 Å². The predicted octanol–water partition coefficient (Wildman–Crippen LogP) is 1.84. The average molecular weight is 341 g/mol. The summed E-state index contributed by atoms with van der Waals surface area (Å²) in [6.07, 6.45) is 2.32. The van der Waals surface area contributed by atoms with Crippen molar-refractivity contribution >= 4 is 18.3 Å². The summed E-state index contributed by atoms with van der Waals surface area (Å²) in [4.78, 5) is 14.6. The van der Waals surface area contributed by atoms with Crippen LogP contribution in [0.2, 0.25) is 0 Å². The van der Waals surface area contributed by atoms with Crippen LogP contribution in [0.15, 0.2) is 24.3 Å². The SMILES string of the molecule is COc1cccc(CN(CC2CCCO2)C(=O)C2CNC2)c1.Cl. The molecule has 5 nitrogen and oxygen atoms in total. The van der Waals surface area contributed by atoms with Gasteiger partial charge in [-0.2, -0.15) is 0 Å². The summed E-state index contributed by atoms with van der Waals surface area (Å²) in [7, 11) is 1.66. The number of nitrogens with one attached hydrogen (secondary N) is 1. The number of ether oxygens (including phenoxy) is 2. The second kappa shape index (κ2) is 8.52. The fourth-order valence-electron chi connectivity index (χ4n) is 2.98. The van der Waals surface area contributed by atoms with Crippen molar-refractivity contribution in [1.29, 1.82) is 0 Å². The van der Waals surface area contributed by atoms with Crippen molar-refractivity contribution in [2.45, 2.75) is 25.5 Å². The smallest absolute Gasteiger partial charge is 0.228 e. The van der Waals surface area contributed by atoms with Gasteiger partial charge in [0.15, 0.2) is 0 Å². The molecule has 1 aromatic carbocycles. The Kier molecular flexibility index (Phi) is 6.69. The molecule has 0 bridgehead atoms. The van der Waals surface area contributed by atoms with E-state index in [4.69, 9.17) is 9.47 Å². The van der Waals surface area contributed by atoms with Crippen LogP contribution in [0.3, 0.4) is 0 Å². The zero-order valence-electron chi connectivity index (χ0n) is 13.5. The van der Waals surface area contributed by atoms with Gasteiger partial charge in [-0.25, -0.2) is 0 Å². The molecule has 2 saturated heterocycles. The van der Waals surface area contributed by atoms with Crippen LogP contribution >= 0.6 is 12.4 Å². The van der Waals surface area contributed by atoms with Gasteiger partial charge >= 0.3 is 0 Å². The number of methoxy groups -OCH3 is 1. The second-order valence-electron chi connectivity index (χ2n) is 6.06. The molecule has 1 atom stereocenters. The van der Waals surface area contributed by atoms with Gasteiger partial charge in [0.25, 0.3) is 0 Å². The molecule has 1 aromatic rings. The first-order valence-electron chi connectivity index (χ1n) is 8.00. The lowest BCUT2D eigenvalue weighted by atomic mass is 10.0. The molecule has 0 radical (unpaired) electrons. The van der Waals surface area contributed by atoms with Crippen molar-refractivity contribution in [3.05, 3.63) is 29.8 Å². The predicted molar refractivity (Wildman–Crippen MR) is 91.0 cm³/mol. The van der Waals surface area contributed by atoms with Crippen molar-refractivity contribution in [2.24, 2.45) is 5.92 Å². The summed E-state index contributed by atoms with van der Waals surface area (Å²) >= 11 is 0. The van der Waals surface area contributed by atoms with Crippen molar-refractivity contribution in [3.63, 3.8) is 0 Å². The van der Waals surface area contributed by atoms with Crippen LogP contribution in [0.5, 0.6) is 5.75 Å². The Morgan fingerprint density at radius 1 is 1.43 bits per heavy atom. The summed E-state index contributed by atoms with van der Waals surface area (Å²) in [6.45, 7) is 3.70. The molecule has 0 aliphatic carbocycles. The minimum absolute atomic E-state index is 0. The first-order chi connectivity index (χ1) is 10.8. The van der Waals surface area contributed by atoms with E-state index < -0.39 is 0 Å². The van der Waals surface area contributed by atoms with Crippen LogP contribution < -0.4 is 10.1 Å². The largest absolute Gasteiger partial charge is 0.497 e. The lowest BCUT2D eigenvalue weighted by molar-refractivity contribution is -0.139. The third kappa shape index (κ3) is 4.59. The maximum atomic E-state index is 12.7. The Morgan fingerprint density at radius 2 is 2.26 bits per heavy atom. The molecule has 128 valence electrons. The third-order valence-corrected chi connectivity index (χ3v) is 4.40. The van der Waals surface area contributed by atoms with Crippen LogP contribution in [-0.2, 0) is 16.1 Å². The number of benzene rings is 1. The first kappa shape index (κ1) is 18.0. The fourth-order valence-corrected chi connectivity index (χ4v) is 2.98. The van der Waals surface area contributed by atoms with Crippen LogP contribution in [0, 0.1) is 5.92 Å². The van der Waals surface area contributed by atoms with Crippen LogP contribution in [0.4, 0.5) is 0 Å². The highest BCUT2D eigenvalue weighted by atomic mass is 35.5. The number of amides is 1. The molecule has 23 heavy (non-hydrogen) atoms. The molecule has 1 N–H and O–H groups in total. The fraction of sp³-hybridized carbons (Fsp3) is 0.588. The topological polar surface area (TPSA) is 50.8 Å². The van der Waals surface area contributed by atoms with Gasteiger partial charge in [-0.05, 0) is 30.5 Å². The standard InChI is InChI=1S/C17H24N2O3.ClH/c1-21-15-5-2-4-13(8-15)11-19(12-16-6-3-7-22-16)17(20)14-9-18-10-14;/h2,4-5,8,14,16,18H,3,6-7,9-12H2,1H3;1H. The number of hydrogen-bond donors (Lipinski definition) is 1. The average Bonchev–Trinajstić information content (AvgIpc) is 2.98. The van der Waals surface area contributed by atoms with Crippen molar-refractivity contribution < 1.29 is 14.3 Å². The lowest BCUT2D eigenvalue weighted by Crippen LogP contribution is -2.53. The van der Waals surface area contributed by atoms with Crippen LogP contribution in [0.25, 0.3) is 0 Å². The highest BCUT2D eigenvalue weighted by molar-refractivity contribution is 5.85. The first-order valence-corrected chi connectivity index (χ1v) is 8.00. The van der Waals surface area contributed by atoms with Gasteiger partial charge in [0, 0.05) is 32.8 Å². The molecule has 0 saturated carbocycles. The molecule has 1 amide bonds. The van der Waals surface area contributed by atoms with E-state index in [2.05, 4.69) is 5.32 Å². The summed E-state index contributed by atoms with van der Waals surface area (Å²) < 4.78 is 11.0. The third-order valence-electron chi connectivity index (χ3n) is 4.40. The molecule has 2 aliphatic heterocycles. The molecule has 2 aliphatic rings. The Morgan fingerprint density at radius 3 is 2.87 bits per heavy atom. The van der Waals surface area contributed by atoms with Gasteiger partial charge in [0.1, 0.15) is 5.75 Å². The van der Waals surface area contributed by atoms with E-state index >= 15 is 0 Å².